The number of amides is 1. The number of nitrogens with one attached hydrogen (secondary N) is 1. The summed E-state index contributed by atoms with van der Waals surface area (Å²) in [7, 11) is 1.57. The highest BCUT2D eigenvalue weighted by Gasteiger charge is 2.21. The number of hydrogen-bond acceptors (Lipinski definition) is 3. The average molecular weight is 259 g/mol. The molecule has 0 aliphatic carbocycles. The molecule has 98 valence electrons. The second kappa shape index (κ2) is 4.93. The van der Waals surface area contributed by atoms with Crippen LogP contribution in [0.2, 0.25) is 0 Å². The molecule has 0 spiro atoms. The number of rotatable bonds is 3. The first-order valence-corrected chi connectivity index (χ1v) is 5.63. The van der Waals surface area contributed by atoms with Crippen LogP contribution in [-0.4, -0.2) is 26.8 Å². The van der Waals surface area contributed by atoms with Gasteiger partial charge in [-0.05, 0) is 18.6 Å². The Labute approximate surface area is 109 Å². The van der Waals surface area contributed by atoms with E-state index in [2.05, 4.69) is 10.4 Å². The van der Waals surface area contributed by atoms with E-state index in [1.165, 1.54) is 10.9 Å². The first kappa shape index (κ1) is 12.8. The van der Waals surface area contributed by atoms with E-state index in [0.29, 0.717) is 5.69 Å². The molecule has 0 atom stereocenters. The van der Waals surface area contributed by atoms with Gasteiger partial charge >= 0.3 is 5.97 Å². The average Bonchev–Trinajstić information content (AvgIpc) is 2.74. The molecule has 0 aliphatic rings. The zero-order valence-electron chi connectivity index (χ0n) is 10.5. The van der Waals surface area contributed by atoms with E-state index >= 15 is 0 Å². The summed E-state index contributed by atoms with van der Waals surface area (Å²) in [6.45, 7) is 1.85. The van der Waals surface area contributed by atoms with Gasteiger partial charge < -0.3 is 10.4 Å². The largest absolute Gasteiger partial charge is 0.478 e. The molecule has 0 unspecified atom stereocenters. The summed E-state index contributed by atoms with van der Waals surface area (Å²) in [5, 5.41) is 15.6. The number of aromatic carboxylic acids is 1. The molecule has 0 saturated carbocycles. The van der Waals surface area contributed by atoms with E-state index in [1.54, 1.807) is 19.2 Å². The van der Waals surface area contributed by atoms with E-state index in [4.69, 9.17) is 5.11 Å². The van der Waals surface area contributed by atoms with E-state index < -0.39 is 11.9 Å². The lowest BCUT2D eigenvalue weighted by atomic mass is 10.2. The molecule has 0 saturated heterocycles. The molecule has 6 nitrogen and oxygen atoms in total. The van der Waals surface area contributed by atoms with Gasteiger partial charge in [-0.15, -0.1) is 0 Å². The molecule has 6 heteroatoms. The summed E-state index contributed by atoms with van der Waals surface area (Å²) in [6, 6.07) is 7.25. The minimum Gasteiger partial charge on any atom is -0.478 e. The molecular formula is C13H13N3O3. The van der Waals surface area contributed by atoms with Gasteiger partial charge in [-0.25, -0.2) is 4.79 Å². The lowest BCUT2D eigenvalue weighted by Gasteiger charge is -2.06. The summed E-state index contributed by atoms with van der Waals surface area (Å²) in [5.41, 5.74) is 1.31. The van der Waals surface area contributed by atoms with Gasteiger partial charge in [-0.1, -0.05) is 18.2 Å². The number of para-hydroxylation sites is 1. The standard InChI is InChI=1S/C13H13N3O3/c1-8-5-3-4-6-10(8)14-12(17)11-9(13(18)19)7-16(2)15-11/h3-7H,1-2H3,(H,14,17)(H,18,19). The molecule has 0 bridgehead atoms. The number of hydrogen-bond donors (Lipinski definition) is 2. The lowest BCUT2D eigenvalue weighted by molar-refractivity contribution is 0.0692. The Kier molecular flexibility index (Phi) is 3.33. The topological polar surface area (TPSA) is 84.2 Å². The third-order valence-corrected chi connectivity index (χ3v) is 2.67. The number of carboxylic acid groups (broad SMARTS) is 1. The normalized spacial score (nSPS) is 10.2. The number of nitrogens with zero attached hydrogens (tertiary/aromatic N) is 2. The second-order valence-corrected chi connectivity index (χ2v) is 4.14. The van der Waals surface area contributed by atoms with Gasteiger partial charge in [0.15, 0.2) is 5.69 Å². The number of carbonyl (C=O) groups is 2. The Morgan fingerprint density at radius 2 is 2.00 bits per heavy atom. The zero-order chi connectivity index (χ0) is 14.0. The van der Waals surface area contributed by atoms with Crippen molar-refractivity contribution >= 4 is 17.6 Å². The number of aryl methyl sites for hydroxylation is 2. The fourth-order valence-corrected chi connectivity index (χ4v) is 1.71. The van der Waals surface area contributed by atoms with E-state index in [0.717, 1.165) is 5.56 Å². The fraction of sp³-hybridized carbons (Fsp3) is 0.154. The molecule has 0 fully saturated rings. The zero-order valence-corrected chi connectivity index (χ0v) is 10.5. The Balaban J connectivity index is 2.31. The van der Waals surface area contributed by atoms with Crippen molar-refractivity contribution in [3.05, 3.63) is 47.3 Å². The van der Waals surface area contributed by atoms with Gasteiger partial charge in [0.25, 0.3) is 5.91 Å². The molecule has 0 aliphatic heterocycles. The van der Waals surface area contributed by atoms with Crippen LogP contribution in [0.5, 0.6) is 0 Å². The third-order valence-electron chi connectivity index (χ3n) is 2.67. The van der Waals surface area contributed by atoms with Crippen molar-refractivity contribution in [1.29, 1.82) is 0 Å². The molecule has 2 aromatic rings. The monoisotopic (exact) mass is 259 g/mol. The van der Waals surface area contributed by atoms with Crippen LogP contribution in [0.15, 0.2) is 30.5 Å². The van der Waals surface area contributed by atoms with Crippen molar-refractivity contribution in [2.45, 2.75) is 6.92 Å². The van der Waals surface area contributed by atoms with Crippen molar-refractivity contribution < 1.29 is 14.7 Å². The highest BCUT2D eigenvalue weighted by atomic mass is 16.4. The minimum atomic E-state index is -1.18. The van der Waals surface area contributed by atoms with Crippen LogP contribution in [-0.2, 0) is 7.05 Å². The van der Waals surface area contributed by atoms with Gasteiger partial charge in [0.1, 0.15) is 5.56 Å². The van der Waals surface area contributed by atoms with Crippen molar-refractivity contribution in [2.24, 2.45) is 7.05 Å². The van der Waals surface area contributed by atoms with Crippen molar-refractivity contribution in [1.82, 2.24) is 9.78 Å². The molecule has 1 amide bonds. The van der Waals surface area contributed by atoms with Crippen LogP contribution in [0.4, 0.5) is 5.69 Å². The van der Waals surface area contributed by atoms with Crippen LogP contribution >= 0.6 is 0 Å². The second-order valence-electron chi connectivity index (χ2n) is 4.14. The van der Waals surface area contributed by atoms with Crippen LogP contribution in [0.1, 0.15) is 26.4 Å². The van der Waals surface area contributed by atoms with Crippen molar-refractivity contribution in [3.63, 3.8) is 0 Å². The minimum absolute atomic E-state index is 0.0988. The summed E-state index contributed by atoms with van der Waals surface area (Å²) in [6.07, 6.45) is 1.30. The summed E-state index contributed by atoms with van der Waals surface area (Å²) in [4.78, 5) is 23.1. The Bertz CT molecular complexity index is 646. The van der Waals surface area contributed by atoms with E-state index in [1.807, 2.05) is 19.1 Å². The molecule has 19 heavy (non-hydrogen) atoms. The highest BCUT2D eigenvalue weighted by molar-refractivity contribution is 6.09. The highest BCUT2D eigenvalue weighted by Crippen LogP contribution is 2.15. The molecule has 1 heterocycles. The predicted octanol–water partition coefficient (Wildman–Crippen LogP) is 1.68. The first-order valence-electron chi connectivity index (χ1n) is 5.63. The smallest absolute Gasteiger partial charge is 0.339 e. The van der Waals surface area contributed by atoms with Crippen LogP contribution in [0, 0.1) is 6.92 Å². The quantitative estimate of drug-likeness (QED) is 0.878. The van der Waals surface area contributed by atoms with Crippen LogP contribution < -0.4 is 5.32 Å². The van der Waals surface area contributed by atoms with Gasteiger partial charge in [0.2, 0.25) is 0 Å². The van der Waals surface area contributed by atoms with Crippen LogP contribution in [0.3, 0.4) is 0 Å². The summed E-state index contributed by atoms with van der Waals surface area (Å²) >= 11 is 0. The lowest BCUT2D eigenvalue weighted by Crippen LogP contribution is -2.16. The molecule has 2 rings (SSSR count). The van der Waals surface area contributed by atoms with Crippen LogP contribution in [0.25, 0.3) is 0 Å². The SMILES string of the molecule is Cc1ccccc1NC(=O)c1nn(C)cc1C(=O)O. The number of anilines is 1. The first-order chi connectivity index (χ1) is 8.99. The Morgan fingerprint density at radius 3 is 2.63 bits per heavy atom. The maximum absolute atomic E-state index is 12.1. The molecule has 0 radical (unpaired) electrons. The van der Waals surface area contributed by atoms with Gasteiger partial charge in [-0.2, -0.15) is 5.10 Å². The van der Waals surface area contributed by atoms with Gasteiger partial charge in [0, 0.05) is 18.9 Å². The number of benzene rings is 1. The molecule has 2 N–H and O–H groups in total. The Morgan fingerprint density at radius 1 is 1.32 bits per heavy atom. The maximum atomic E-state index is 12.1. The summed E-state index contributed by atoms with van der Waals surface area (Å²) < 4.78 is 1.30. The number of carboxylic acids is 1. The number of aromatic nitrogens is 2. The molecular weight excluding hydrogens is 246 g/mol. The fourth-order valence-electron chi connectivity index (χ4n) is 1.71. The van der Waals surface area contributed by atoms with Gasteiger partial charge in [-0.3, -0.25) is 9.48 Å². The third kappa shape index (κ3) is 2.62. The van der Waals surface area contributed by atoms with E-state index in [9.17, 15) is 9.59 Å². The summed E-state index contributed by atoms with van der Waals surface area (Å²) in [5.74, 6) is -1.71. The maximum Gasteiger partial charge on any atom is 0.339 e. The van der Waals surface area contributed by atoms with Gasteiger partial charge in [0.05, 0.1) is 0 Å². The molecule has 1 aromatic heterocycles. The number of carbonyl (C=O) groups excluding carboxylic acids is 1. The van der Waals surface area contributed by atoms with Crippen molar-refractivity contribution in [3.8, 4) is 0 Å². The Hall–Kier alpha value is -2.63. The molecule has 1 aromatic carbocycles. The van der Waals surface area contributed by atoms with Crippen molar-refractivity contribution in [2.75, 3.05) is 5.32 Å². The predicted molar refractivity (Wildman–Crippen MR) is 69.3 cm³/mol. The van der Waals surface area contributed by atoms with E-state index in [-0.39, 0.29) is 11.3 Å².